The molecule has 2 heterocycles. The van der Waals surface area contributed by atoms with Crippen molar-refractivity contribution in [2.24, 2.45) is 0 Å². The molecule has 0 unspecified atom stereocenters. The molecule has 2 N–H and O–H groups in total. The van der Waals surface area contributed by atoms with Gasteiger partial charge in [0.15, 0.2) is 11.6 Å². The Hall–Kier alpha value is -4.10. The van der Waals surface area contributed by atoms with Crippen LogP contribution < -0.4 is 10.0 Å². The number of sulfonamides is 1. The Morgan fingerprint density at radius 3 is 2.39 bits per heavy atom. The third kappa shape index (κ3) is 5.26. The average Bonchev–Trinajstić information content (AvgIpc) is 3.27. The van der Waals surface area contributed by atoms with Crippen molar-refractivity contribution in [2.45, 2.75) is 25.2 Å². The van der Waals surface area contributed by atoms with Crippen LogP contribution in [0.15, 0.2) is 59.5 Å². The number of rotatable bonds is 9. The van der Waals surface area contributed by atoms with Gasteiger partial charge in [-0.1, -0.05) is 25.1 Å². The maximum atomic E-state index is 13.1. The highest BCUT2D eigenvalue weighted by Gasteiger charge is 2.23. The number of ether oxygens (including phenoxy) is 1. The number of thiophene rings is 1. The molecule has 0 atom stereocenters. The number of carbonyl (C=O) groups excluding carboxylic acids is 1. The van der Waals surface area contributed by atoms with Crippen molar-refractivity contribution >= 4 is 60.7 Å². The Kier molecular flexibility index (Phi) is 7.12. The number of esters is 1. The zero-order valence-electron chi connectivity index (χ0n) is 19.2. The molecule has 0 saturated carbocycles. The average molecular weight is 528 g/mol. The predicted octanol–water partition coefficient (Wildman–Crippen LogP) is 4.88. The molecule has 4 aromatic rings. The number of nitro groups is 1. The van der Waals surface area contributed by atoms with E-state index in [0.29, 0.717) is 28.0 Å². The lowest BCUT2D eigenvalue weighted by atomic mass is 10.2. The number of carbonyl (C=O) groups is 1. The van der Waals surface area contributed by atoms with E-state index in [1.54, 1.807) is 37.3 Å². The third-order valence-electron chi connectivity index (χ3n) is 5.00. The number of non-ortho nitro benzene ring substituents is 1. The Morgan fingerprint density at radius 1 is 1.06 bits per heavy atom. The van der Waals surface area contributed by atoms with Crippen molar-refractivity contribution in [1.82, 2.24) is 9.97 Å². The first-order valence-electron chi connectivity index (χ1n) is 10.8. The van der Waals surface area contributed by atoms with Gasteiger partial charge in [-0.25, -0.2) is 23.2 Å². The van der Waals surface area contributed by atoms with Crippen LogP contribution in [0, 0.1) is 10.1 Å². The number of anilines is 3. The van der Waals surface area contributed by atoms with E-state index < -0.39 is 20.9 Å². The number of para-hydroxylation sites is 2. The molecule has 0 fully saturated rings. The van der Waals surface area contributed by atoms with Crippen LogP contribution in [0.5, 0.6) is 0 Å². The van der Waals surface area contributed by atoms with E-state index >= 15 is 0 Å². The van der Waals surface area contributed by atoms with Crippen LogP contribution in [0.2, 0.25) is 0 Å². The summed E-state index contributed by atoms with van der Waals surface area (Å²) in [5, 5.41) is 14.6. The second-order valence-corrected chi connectivity index (χ2v) is 10.2. The summed E-state index contributed by atoms with van der Waals surface area (Å²) in [4.78, 5) is 32.5. The highest BCUT2D eigenvalue weighted by molar-refractivity contribution is 7.92. The molecule has 4 rings (SSSR count). The van der Waals surface area contributed by atoms with Crippen LogP contribution in [0.25, 0.3) is 11.0 Å². The summed E-state index contributed by atoms with van der Waals surface area (Å²) < 4.78 is 33.8. The number of nitro benzene ring substituents is 1. The number of hydrogen-bond acceptors (Lipinski definition) is 10. The maximum Gasteiger partial charge on any atom is 0.341 e. The highest BCUT2D eigenvalue weighted by Crippen LogP contribution is 2.34. The van der Waals surface area contributed by atoms with Gasteiger partial charge in [-0.3, -0.25) is 14.8 Å². The zero-order chi connectivity index (χ0) is 25.9. The summed E-state index contributed by atoms with van der Waals surface area (Å²) in [6.45, 7) is 3.84. The molecule has 13 heteroatoms. The Labute approximate surface area is 210 Å². The summed E-state index contributed by atoms with van der Waals surface area (Å²) in [5.41, 5.74) is 0.834. The van der Waals surface area contributed by atoms with Gasteiger partial charge in [0, 0.05) is 17.0 Å². The van der Waals surface area contributed by atoms with E-state index in [1.165, 1.54) is 29.5 Å². The smallest absolute Gasteiger partial charge is 0.341 e. The Balaban J connectivity index is 1.79. The fourth-order valence-corrected chi connectivity index (χ4v) is 5.32. The second-order valence-electron chi connectivity index (χ2n) is 7.42. The summed E-state index contributed by atoms with van der Waals surface area (Å²) in [5.74, 6) is -0.609. The molecule has 0 radical (unpaired) electrons. The minimum atomic E-state index is -4.27. The highest BCUT2D eigenvalue weighted by atomic mass is 32.2. The van der Waals surface area contributed by atoms with Crippen molar-refractivity contribution in [3.05, 3.63) is 75.2 Å². The largest absolute Gasteiger partial charge is 0.462 e. The van der Waals surface area contributed by atoms with Gasteiger partial charge in [0.1, 0.15) is 5.00 Å². The van der Waals surface area contributed by atoms with Crippen molar-refractivity contribution in [2.75, 3.05) is 16.6 Å². The monoisotopic (exact) mass is 527 g/mol. The minimum absolute atomic E-state index is 0.0535. The van der Waals surface area contributed by atoms with Crippen molar-refractivity contribution in [1.29, 1.82) is 0 Å². The number of nitrogens with zero attached hydrogens (tertiary/aromatic N) is 3. The number of aromatic nitrogens is 2. The van der Waals surface area contributed by atoms with Crippen LogP contribution in [-0.2, 0) is 21.2 Å². The molecule has 11 nitrogen and oxygen atoms in total. The molecule has 0 aliphatic carbocycles. The van der Waals surface area contributed by atoms with E-state index in [-0.39, 0.29) is 28.8 Å². The quantitative estimate of drug-likeness (QED) is 0.176. The predicted molar refractivity (Wildman–Crippen MR) is 136 cm³/mol. The van der Waals surface area contributed by atoms with Crippen molar-refractivity contribution in [3.63, 3.8) is 0 Å². The normalized spacial score (nSPS) is 11.3. The molecule has 0 spiro atoms. The van der Waals surface area contributed by atoms with E-state index in [9.17, 15) is 23.3 Å². The Morgan fingerprint density at radius 2 is 1.75 bits per heavy atom. The lowest BCUT2D eigenvalue weighted by Crippen LogP contribution is -2.16. The van der Waals surface area contributed by atoms with Gasteiger partial charge in [-0.15, -0.1) is 11.3 Å². The van der Waals surface area contributed by atoms with Crippen LogP contribution in [-0.4, -0.2) is 35.9 Å². The molecule has 186 valence electrons. The van der Waals surface area contributed by atoms with E-state index in [0.717, 1.165) is 10.9 Å². The van der Waals surface area contributed by atoms with Crippen LogP contribution >= 0.6 is 11.3 Å². The molecule has 0 aliphatic rings. The van der Waals surface area contributed by atoms with E-state index in [2.05, 4.69) is 20.0 Å². The van der Waals surface area contributed by atoms with Gasteiger partial charge in [0.2, 0.25) is 0 Å². The summed E-state index contributed by atoms with van der Waals surface area (Å²) in [7, 11) is -4.27. The molecular weight excluding hydrogens is 506 g/mol. The molecule has 0 saturated heterocycles. The van der Waals surface area contributed by atoms with Crippen LogP contribution in [0.1, 0.15) is 29.1 Å². The first-order chi connectivity index (χ1) is 17.2. The SMILES string of the molecule is CCOC(=O)c1cc(CC)sc1Nc1nc2ccccc2nc1NS(=O)(=O)c1cccc([N+](=O)[O-])c1. The molecule has 36 heavy (non-hydrogen) atoms. The van der Waals surface area contributed by atoms with Gasteiger partial charge in [-0.05, 0) is 37.6 Å². The van der Waals surface area contributed by atoms with Gasteiger partial charge < -0.3 is 10.1 Å². The van der Waals surface area contributed by atoms with E-state index in [1.807, 2.05) is 6.92 Å². The molecule has 2 aromatic carbocycles. The van der Waals surface area contributed by atoms with Gasteiger partial charge in [0.05, 0.1) is 33.0 Å². The first-order valence-corrected chi connectivity index (χ1v) is 13.1. The summed E-state index contributed by atoms with van der Waals surface area (Å²) in [6, 6.07) is 13.3. The lowest BCUT2D eigenvalue weighted by Gasteiger charge is -2.14. The number of nitrogens with one attached hydrogen (secondary N) is 2. The molecule has 2 aromatic heterocycles. The molecule has 0 aliphatic heterocycles. The third-order valence-corrected chi connectivity index (χ3v) is 7.53. The second kappa shape index (κ2) is 10.3. The van der Waals surface area contributed by atoms with Crippen molar-refractivity contribution < 1.29 is 22.9 Å². The number of hydrogen-bond donors (Lipinski definition) is 2. The fourth-order valence-electron chi connectivity index (χ4n) is 3.29. The molecule has 0 amide bonds. The zero-order valence-corrected chi connectivity index (χ0v) is 20.9. The fraction of sp³-hybridized carbons (Fsp3) is 0.174. The summed E-state index contributed by atoms with van der Waals surface area (Å²) >= 11 is 1.31. The number of aryl methyl sites for hydroxylation is 1. The van der Waals surface area contributed by atoms with E-state index in [4.69, 9.17) is 4.74 Å². The molecular formula is C23H21N5O6S2. The van der Waals surface area contributed by atoms with Gasteiger partial charge >= 0.3 is 5.97 Å². The van der Waals surface area contributed by atoms with Crippen LogP contribution in [0.3, 0.4) is 0 Å². The topological polar surface area (TPSA) is 153 Å². The standard InChI is InChI=1S/C23H21N5O6S2/c1-3-15-13-17(23(29)34-4-2)22(35-15)26-20-21(25-19-11-6-5-10-18(19)24-20)27-36(32,33)16-9-7-8-14(12-16)28(30)31/h5-13H,3-4H2,1-2H3,(H,24,26)(H,25,27). The number of fused-ring (bicyclic) bond motifs is 1. The van der Waals surface area contributed by atoms with Crippen LogP contribution in [0.4, 0.5) is 22.3 Å². The summed E-state index contributed by atoms with van der Waals surface area (Å²) in [6.07, 6.45) is 0.675. The number of benzene rings is 2. The van der Waals surface area contributed by atoms with Gasteiger partial charge in [-0.2, -0.15) is 0 Å². The van der Waals surface area contributed by atoms with Crippen molar-refractivity contribution in [3.8, 4) is 0 Å². The lowest BCUT2D eigenvalue weighted by molar-refractivity contribution is -0.385. The Bertz CT molecular complexity index is 1570. The maximum absolute atomic E-state index is 13.1. The van der Waals surface area contributed by atoms with Gasteiger partial charge in [0.25, 0.3) is 15.7 Å². The first kappa shape index (κ1) is 25.0. The molecule has 0 bridgehead atoms. The minimum Gasteiger partial charge on any atom is -0.462 e.